The molecule has 246 valence electrons. The molecular weight excluding hydrogens is 633 g/mol. The van der Waals surface area contributed by atoms with Crippen LogP contribution in [0.4, 0.5) is 0 Å². The van der Waals surface area contributed by atoms with Crippen molar-refractivity contribution in [3.05, 3.63) is 203 Å². The minimum absolute atomic E-state index is 0.138. The van der Waals surface area contributed by atoms with Crippen LogP contribution in [0.3, 0.4) is 0 Å². The average Bonchev–Trinajstić information content (AvgIpc) is 3.51. The average molecular weight is 667 g/mol. The smallest absolute Gasteiger partial charge is 0.164 e. The summed E-state index contributed by atoms with van der Waals surface area (Å²) in [5, 5.41) is 0. The van der Waals surface area contributed by atoms with Gasteiger partial charge in [0.2, 0.25) is 0 Å². The molecule has 6 aromatic carbocycles. The number of nitrogens with zero attached hydrogens (tertiary/aromatic N) is 4. The van der Waals surface area contributed by atoms with Gasteiger partial charge in [-0.25, -0.2) is 15.0 Å². The maximum Gasteiger partial charge on any atom is 0.164 e. The number of pyridine rings is 1. The van der Waals surface area contributed by atoms with E-state index in [0.29, 0.717) is 17.5 Å². The molecule has 4 heteroatoms. The number of benzene rings is 6. The molecule has 0 saturated carbocycles. The second-order valence-electron chi connectivity index (χ2n) is 14.2. The van der Waals surface area contributed by atoms with Crippen LogP contribution < -0.4 is 0 Å². The van der Waals surface area contributed by atoms with E-state index in [-0.39, 0.29) is 5.41 Å². The lowest BCUT2D eigenvalue weighted by Gasteiger charge is -2.46. The van der Waals surface area contributed by atoms with Gasteiger partial charge in [-0.1, -0.05) is 159 Å². The van der Waals surface area contributed by atoms with E-state index in [0.717, 1.165) is 27.9 Å². The predicted molar refractivity (Wildman–Crippen MR) is 209 cm³/mol. The van der Waals surface area contributed by atoms with Gasteiger partial charge >= 0.3 is 0 Å². The van der Waals surface area contributed by atoms with Crippen molar-refractivity contribution in [1.29, 1.82) is 0 Å². The Morgan fingerprint density at radius 2 is 0.846 bits per heavy atom. The summed E-state index contributed by atoms with van der Waals surface area (Å²) in [5.74, 6) is 1.92. The van der Waals surface area contributed by atoms with Crippen LogP contribution in [0.1, 0.15) is 47.2 Å². The molecule has 0 saturated heterocycles. The van der Waals surface area contributed by atoms with Crippen LogP contribution in [0.2, 0.25) is 0 Å². The second-order valence-corrected chi connectivity index (χ2v) is 14.2. The van der Waals surface area contributed by atoms with E-state index in [9.17, 15) is 0 Å². The molecule has 0 N–H and O–H groups in total. The fourth-order valence-corrected chi connectivity index (χ4v) is 8.68. The molecule has 1 spiro atoms. The van der Waals surface area contributed by atoms with Crippen LogP contribution >= 0.6 is 0 Å². The summed E-state index contributed by atoms with van der Waals surface area (Å²) in [4.78, 5) is 19.8. The summed E-state index contributed by atoms with van der Waals surface area (Å²) < 4.78 is 0. The quantitative estimate of drug-likeness (QED) is 0.188. The Kier molecular flexibility index (Phi) is 6.71. The van der Waals surface area contributed by atoms with Gasteiger partial charge in [-0.15, -0.1) is 0 Å². The zero-order valence-corrected chi connectivity index (χ0v) is 29.0. The fourth-order valence-electron chi connectivity index (χ4n) is 8.68. The Labute approximate surface area is 303 Å². The summed E-state index contributed by atoms with van der Waals surface area (Å²) in [6.07, 6.45) is 1.82. The highest BCUT2D eigenvalue weighted by molar-refractivity contribution is 5.90. The Hall–Kier alpha value is -6.52. The van der Waals surface area contributed by atoms with Crippen molar-refractivity contribution in [2.75, 3.05) is 0 Å². The van der Waals surface area contributed by atoms with Crippen molar-refractivity contribution in [3.8, 4) is 56.5 Å². The molecule has 0 aliphatic heterocycles. The first-order chi connectivity index (χ1) is 25.5. The Morgan fingerprint density at radius 3 is 1.48 bits per heavy atom. The molecule has 0 amide bonds. The zero-order chi connectivity index (χ0) is 34.9. The fraction of sp³-hybridized carbons (Fsp3) is 0.0833. The lowest BCUT2D eigenvalue weighted by molar-refractivity contribution is 0.563. The third-order valence-electron chi connectivity index (χ3n) is 11.1. The van der Waals surface area contributed by atoms with Crippen LogP contribution in [-0.2, 0) is 10.8 Å². The van der Waals surface area contributed by atoms with E-state index in [1.807, 2.05) is 42.6 Å². The minimum atomic E-state index is -0.442. The maximum absolute atomic E-state index is 5.14. The molecule has 2 aromatic heterocycles. The van der Waals surface area contributed by atoms with Gasteiger partial charge < -0.3 is 0 Å². The minimum Gasteiger partial charge on any atom is -0.256 e. The largest absolute Gasteiger partial charge is 0.256 e. The van der Waals surface area contributed by atoms with Gasteiger partial charge in [0.05, 0.1) is 11.1 Å². The Bertz CT molecular complexity index is 2590. The van der Waals surface area contributed by atoms with Crippen molar-refractivity contribution >= 4 is 0 Å². The molecular formula is C48H34N4. The maximum atomic E-state index is 5.14. The van der Waals surface area contributed by atoms with Gasteiger partial charge in [0, 0.05) is 33.9 Å². The lowest BCUT2D eigenvalue weighted by atomic mass is 9.55. The SMILES string of the molecule is CC1(C)c2ccccc2C2(c3ccccc3-c3cc(-c4nc(-c5ccccc5)nc(-c5ccc(-c6ccccn6)cc5)n4)ccc32)c2ccccc21. The van der Waals surface area contributed by atoms with Gasteiger partial charge in [-0.2, -0.15) is 0 Å². The lowest BCUT2D eigenvalue weighted by Crippen LogP contribution is -2.40. The first-order valence-electron chi connectivity index (χ1n) is 17.8. The monoisotopic (exact) mass is 666 g/mol. The third kappa shape index (κ3) is 4.40. The third-order valence-corrected chi connectivity index (χ3v) is 11.1. The van der Waals surface area contributed by atoms with Gasteiger partial charge in [0.1, 0.15) is 0 Å². The molecule has 0 atom stereocenters. The normalized spacial score (nSPS) is 14.3. The molecule has 0 unspecified atom stereocenters. The molecule has 8 aromatic rings. The predicted octanol–water partition coefficient (Wildman–Crippen LogP) is 10.9. The first kappa shape index (κ1) is 30.3. The van der Waals surface area contributed by atoms with Gasteiger partial charge in [0.15, 0.2) is 17.5 Å². The molecule has 10 rings (SSSR count). The van der Waals surface area contributed by atoms with Crippen molar-refractivity contribution in [2.24, 2.45) is 0 Å². The summed E-state index contributed by atoms with van der Waals surface area (Å²) in [7, 11) is 0. The highest BCUT2D eigenvalue weighted by Crippen LogP contribution is 2.62. The standard InChI is InChI=1S/C48H34N4/c1-47(2)39-18-8-10-20-41(39)48(42-21-11-9-19-40(42)47)37-17-7-6-16-35(37)36-30-34(27-28-38(36)48)46-51-44(32-14-4-3-5-15-32)50-45(52-46)33-25-23-31(24-26-33)43-22-12-13-29-49-43/h3-30H,1-2H3. The van der Waals surface area contributed by atoms with E-state index in [1.54, 1.807) is 0 Å². The van der Waals surface area contributed by atoms with Crippen molar-refractivity contribution in [1.82, 2.24) is 19.9 Å². The number of fused-ring (bicyclic) bond motifs is 9. The Morgan fingerprint density at radius 1 is 0.365 bits per heavy atom. The zero-order valence-electron chi connectivity index (χ0n) is 29.0. The van der Waals surface area contributed by atoms with Crippen LogP contribution in [0, 0.1) is 0 Å². The molecule has 0 bridgehead atoms. The van der Waals surface area contributed by atoms with Crippen LogP contribution in [0.5, 0.6) is 0 Å². The van der Waals surface area contributed by atoms with E-state index in [2.05, 4.69) is 146 Å². The molecule has 0 radical (unpaired) electrons. The number of rotatable bonds is 4. The van der Waals surface area contributed by atoms with Gasteiger partial charge in [0.25, 0.3) is 0 Å². The topological polar surface area (TPSA) is 51.6 Å². The van der Waals surface area contributed by atoms with E-state index >= 15 is 0 Å². The highest BCUT2D eigenvalue weighted by atomic mass is 15.0. The number of hydrogen-bond acceptors (Lipinski definition) is 4. The van der Waals surface area contributed by atoms with Gasteiger partial charge in [-0.3, -0.25) is 4.98 Å². The molecule has 2 aliphatic rings. The summed E-state index contributed by atoms with van der Waals surface area (Å²) in [6.45, 7) is 4.72. The van der Waals surface area contributed by atoms with E-state index in [4.69, 9.17) is 15.0 Å². The van der Waals surface area contributed by atoms with E-state index < -0.39 is 5.41 Å². The van der Waals surface area contributed by atoms with E-state index in [1.165, 1.54) is 44.5 Å². The van der Waals surface area contributed by atoms with Crippen molar-refractivity contribution < 1.29 is 0 Å². The summed E-state index contributed by atoms with van der Waals surface area (Å²) in [5.41, 5.74) is 14.7. The molecule has 0 fully saturated rings. The number of aromatic nitrogens is 4. The molecule has 4 nitrogen and oxygen atoms in total. The van der Waals surface area contributed by atoms with Crippen molar-refractivity contribution in [2.45, 2.75) is 24.7 Å². The number of hydrogen-bond donors (Lipinski definition) is 0. The highest BCUT2D eigenvalue weighted by Gasteiger charge is 2.53. The van der Waals surface area contributed by atoms with Crippen molar-refractivity contribution in [3.63, 3.8) is 0 Å². The molecule has 2 heterocycles. The first-order valence-corrected chi connectivity index (χ1v) is 17.8. The van der Waals surface area contributed by atoms with Crippen LogP contribution in [0.15, 0.2) is 170 Å². The second kappa shape index (κ2) is 11.5. The van der Waals surface area contributed by atoms with Gasteiger partial charge in [-0.05, 0) is 62.7 Å². The van der Waals surface area contributed by atoms with Crippen LogP contribution in [0.25, 0.3) is 56.5 Å². The van der Waals surface area contributed by atoms with Crippen LogP contribution in [-0.4, -0.2) is 19.9 Å². The molecule has 52 heavy (non-hydrogen) atoms. The summed E-state index contributed by atoms with van der Waals surface area (Å²) >= 11 is 0. The molecule has 2 aliphatic carbocycles. The Balaban J connectivity index is 1.18. The summed E-state index contributed by atoms with van der Waals surface area (Å²) in [6, 6.07) is 58.3.